The third-order valence-corrected chi connectivity index (χ3v) is 4.73. The largest absolute Gasteiger partial charge is 0.492 e. The minimum atomic E-state index is 0.319. The average molecular weight is 327 g/mol. The van der Waals surface area contributed by atoms with E-state index in [1.165, 1.54) is 16.5 Å². The van der Waals surface area contributed by atoms with E-state index >= 15 is 0 Å². The number of para-hydroxylation sites is 1. The van der Waals surface area contributed by atoms with Gasteiger partial charge in [-0.05, 0) is 42.3 Å². The van der Waals surface area contributed by atoms with Crippen molar-refractivity contribution in [2.45, 2.75) is 24.9 Å². The first-order valence-electron chi connectivity index (χ1n) is 7.94. The van der Waals surface area contributed by atoms with Crippen LogP contribution in [0.1, 0.15) is 17.9 Å². The summed E-state index contributed by atoms with van der Waals surface area (Å²) in [5.74, 6) is 1.36. The second kappa shape index (κ2) is 5.91. The Bertz CT molecular complexity index is 825. The maximum Gasteiger partial charge on any atom is 0.119 e. The van der Waals surface area contributed by atoms with Gasteiger partial charge in [-0.2, -0.15) is 0 Å². The summed E-state index contributed by atoms with van der Waals surface area (Å²) in [6, 6.07) is 16.3. The van der Waals surface area contributed by atoms with Gasteiger partial charge >= 0.3 is 0 Å². The highest BCUT2D eigenvalue weighted by molar-refractivity contribution is 6.30. The van der Waals surface area contributed by atoms with Gasteiger partial charge in [0.2, 0.25) is 0 Å². The Hall–Kier alpha value is -1.97. The van der Waals surface area contributed by atoms with Crippen molar-refractivity contribution in [3.8, 4) is 5.75 Å². The molecule has 0 radical (unpaired) electrons. The molecule has 0 saturated heterocycles. The third-order valence-electron chi connectivity index (χ3n) is 4.47. The number of nitrogens with zero attached hydrogens (tertiary/aromatic N) is 1. The second-order valence-electron chi connectivity index (χ2n) is 6.10. The Morgan fingerprint density at radius 2 is 1.87 bits per heavy atom. The summed E-state index contributed by atoms with van der Waals surface area (Å²) in [7, 11) is 0. The van der Waals surface area contributed by atoms with Gasteiger partial charge in [0.25, 0.3) is 0 Å². The van der Waals surface area contributed by atoms with Crippen LogP contribution in [0, 0.1) is 0 Å². The molecular weight excluding hydrogens is 308 g/mol. The van der Waals surface area contributed by atoms with E-state index in [9.17, 15) is 0 Å². The van der Waals surface area contributed by atoms with Crippen molar-refractivity contribution < 1.29 is 4.74 Å². The fourth-order valence-electron chi connectivity index (χ4n) is 3.12. The van der Waals surface area contributed by atoms with Crippen molar-refractivity contribution in [3.05, 3.63) is 65.3 Å². The molecule has 1 aliphatic carbocycles. The number of hydrogen-bond donors (Lipinski definition) is 1. The summed E-state index contributed by atoms with van der Waals surface area (Å²) >= 11 is 5.89. The molecule has 1 aromatic heterocycles. The molecule has 1 fully saturated rings. The lowest BCUT2D eigenvalue weighted by Crippen LogP contribution is -2.07. The molecule has 4 heteroatoms. The molecule has 118 valence electrons. The van der Waals surface area contributed by atoms with Crippen LogP contribution in [0.2, 0.25) is 5.02 Å². The Labute approximate surface area is 140 Å². The van der Waals surface area contributed by atoms with Gasteiger partial charge in [-0.3, -0.25) is 0 Å². The first-order chi connectivity index (χ1) is 11.2. The molecule has 0 bridgehead atoms. The van der Waals surface area contributed by atoms with Gasteiger partial charge in [0.05, 0.1) is 6.54 Å². The second-order valence-corrected chi connectivity index (χ2v) is 6.54. The van der Waals surface area contributed by atoms with Crippen LogP contribution in [0.3, 0.4) is 0 Å². The molecule has 2 aromatic carbocycles. The maximum absolute atomic E-state index is 6.04. The predicted octanol–water partition coefficient (Wildman–Crippen LogP) is 4.19. The van der Waals surface area contributed by atoms with Crippen molar-refractivity contribution in [1.29, 1.82) is 0 Å². The van der Waals surface area contributed by atoms with Crippen LogP contribution in [-0.4, -0.2) is 17.2 Å². The van der Waals surface area contributed by atoms with E-state index in [-0.39, 0.29) is 0 Å². The molecule has 2 unspecified atom stereocenters. The topological polar surface area (TPSA) is 40.2 Å². The Balaban J connectivity index is 1.51. The Kier molecular flexibility index (Phi) is 3.76. The highest BCUT2D eigenvalue weighted by Crippen LogP contribution is 2.42. The fraction of sp³-hybridized carbons (Fsp3) is 0.263. The van der Waals surface area contributed by atoms with E-state index < -0.39 is 0 Å². The summed E-state index contributed by atoms with van der Waals surface area (Å²) in [5.41, 5.74) is 8.67. The van der Waals surface area contributed by atoms with Crippen molar-refractivity contribution >= 4 is 22.5 Å². The molecule has 23 heavy (non-hydrogen) atoms. The normalized spacial score (nSPS) is 19.9. The molecule has 1 saturated carbocycles. The zero-order chi connectivity index (χ0) is 15.8. The smallest absolute Gasteiger partial charge is 0.119 e. The highest BCUT2D eigenvalue weighted by atomic mass is 35.5. The lowest BCUT2D eigenvalue weighted by atomic mass is 10.1. The third kappa shape index (κ3) is 2.94. The minimum absolute atomic E-state index is 0.319. The van der Waals surface area contributed by atoms with E-state index in [4.69, 9.17) is 22.1 Å². The van der Waals surface area contributed by atoms with E-state index in [2.05, 4.69) is 35.0 Å². The molecule has 0 spiro atoms. The average Bonchev–Trinajstić information content (AvgIpc) is 3.18. The molecule has 0 amide bonds. The van der Waals surface area contributed by atoms with Gasteiger partial charge in [0.15, 0.2) is 0 Å². The number of fused-ring (bicyclic) bond motifs is 1. The monoisotopic (exact) mass is 326 g/mol. The fourth-order valence-corrected chi connectivity index (χ4v) is 3.25. The predicted molar refractivity (Wildman–Crippen MR) is 94.2 cm³/mol. The van der Waals surface area contributed by atoms with E-state index in [0.717, 1.165) is 23.7 Å². The quantitative estimate of drug-likeness (QED) is 0.763. The molecular formula is C19H19ClN2O. The van der Waals surface area contributed by atoms with Crippen LogP contribution in [0.5, 0.6) is 5.75 Å². The summed E-state index contributed by atoms with van der Waals surface area (Å²) in [6.07, 6.45) is 3.34. The lowest BCUT2D eigenvalue weighted by Gasteiger charge is -2.08. The van der Waals surface area contributed by atoms with Crippen LogP contribution < -0.4 is 10.5 Å². The number of rotatable bonds is 5. The van der Waals surface area contributed by atoms with Crippen LogP contribution in [-0.2, 0) is 6.54 Å². The van der Waals surface area contributed by atoms with Crippen molar-refractivity contribution in [2.24, 2.45) is 5.73 Å². The van der Waals surface area contributed by atoms with Crippen LogP contribution in [0.25, 0.3) is 10.9 Å². The van der Waals surface area contributed by atoms with Gasteiger partial charge < -0.3 is 15.0 Å². The van der Waals surface area contributed by atoms with Crippen LogP contribution >= 0.6 is 11.6 Å². The molecule has 4 rings (SSSR count). The zero-order valence-electron chi connectivity index (χ0n) is 12.8. The zero-order valence-corrected chi connectivity index (χ0v) is 13.5. The Morgan fingerprint density at radius 3 is 2.61 bits per heavy atom. The summed E-state index contributed by atoms with van der Waals surface area (Å²) in [5, 5.41) is 2.04. The number of benzene rings is 2. The van der Waals surface area contributed by atoms with Crippen LogP contribution in [0.15, 0.2) is 54.7 Å². The summed E-state index contributed by atoms with van der Waals surface area (Å²) in [6.45, 7) is 1.43. The SMILES string of the molecule is NC1CC1c1cn(CCOc2ccc(Cl)cc2)c2ccccc12. The van der Waals surface area contributed by atoms with E-state index in [1.807, 2.05) is 24.3 Å². The van der Waals surface area contributed by atoms with Crippen LogP contribution in [0.4, 0.5) is 0 Å². The molecule has 0 aliphatic heterocycles. The van der Waals surface area contributed by atoms with Gasteiger partial charge in [-0.1, -0.05) is 29.8 Å². The number of halogens is 1. The number of hydrogen-bond acceptors (Lipinski definition) is 2. The molecule has 2 N–H and O–H groups in total. The first-order valence-corrected chi connectivity index (χ1v) is 8.32. The van der Waals surface area contributed by atoms with Crippen molar-refractivity contribution in [3.63, 3.8) is 0 Å². The molecule has 2 atom stereocenters. The first kappa shape index (κ1) is 14.6. The highest BCUT2D eigenvalue weighted by Gasteiger charge is 2.36. The van der Waals surface area contributed by atoms with Gasteiger partial charge in [0, 0.05) is 34.1 Å². The van der Waals surface area contributed by atoms with E-state index in [1.54, 1.807) is 0 Å². The Morgan fingerprint density at radius 1 is 1.13 bits per heavy atom. The van der Waals surface area contributed by atoms with Crippen molar-refractivity contribution in [1.82, 2.24) is 4.57 Å². The summed E-state index contributed by atoms with van der Waals surface area (Å²) in [4.78, 5) is 0. The maximum atomic E-state index is 6.04. The van der Waals surface area contributed by atoms with E-state index in [0.29, 0.717) is 18.6 Å². The number of aromatic nitrogens is 1. The standard InChI is InChI=1S/C19H19ClN2O/c20-13-5-7-14(8-6-13)23-10-9-22-12-17(16-11-18(16)21)15-3-1-2-4-19(15)22/h1-8,12,16,18H,9-11,21H2. The number of nitrogens with two attached hydrogens (primary N) is 1. The van der Waals surface area contributed by atoms with Gasteiger partial charge in [-0.25, -0.2) is 0 Å². The molecule has 1 aliphatic rings. The van der Waals surface area contributed by atoms with Crippen molar-refractivity contribution in [2.75, 3.05) is 6.61 Å². The van der Waals surface area contributed by atoms with Gasteiger partial charge in [0.1, 0.15) is 12.4 Å². The summed E-state index contributed by atoms with van der Waals surface area (Å²) < 4.78 is 8.09. The molecule has 3 nitrogen and oxygen atoms in total. The molecule has 3 aromatic rings. The molecule has 1 heterocycles. The lowest BCUT2D eigenvalue weighted by molar-refractivity contribution is 0.300. The minimum Gasteiger partial charge on any atom is -0.492 e. The van der Waals surface area contributed by atoms with Gasteiger partial charge in [-0.15, -0.1) is 0 Å². The number of ether oxygens (including phenoxy) is 1.